The standard InChI is InChI=1S/C30H35F2N3O4/c1-29(2,32)19-34-14-10-20(11-15-34)18-39-25-9-8-21(16-22(25)17-33)23-6-4-7-24(31)26(23)27(36)35-13-5-12-30(35,3)28(37)38/h4,6-9,16,20H,5,10-15,18-19H2,1-3H3,(H,37,38)/t30-/m0/s1. The molecule has 2 aliphatic rings. The van der Waals surface area contributed by atoms with E-state index >= 15 is 4.39 Å². The Kier molecular flexibility index (Phi) is 8.26. The summed E-state index contributed by atoms with van der Waals surface area (Å²) < 4.78 is 35.0. The third-order valence-corrected chi connectivity index (χ3v) is 7.77. The van der Waals surface area contributed by atoms with Crippen molar-refractivity contribution in [3.05, 3.63) is 53.3 Å². The van der Waals surface area contributed by atoms with E-state index < -0.39 is 28.9 Å². The van der Waals surface area contributed by atoms with E-state index in [0.717, 1.165) is 25.9 Å². The third-order valence-electron chi connectivity index (χ3n) is 7.77. The minimum atomic E-state index is -1.41. The van der Waals surface area contributed by atoms with Gasteiger partial charge < -0.3 is 19.6 Å². The number of amides is 1. The van der Waals surface area contributed by atoms with Crippen molar-refractivity contribution < 1.29 is 28.2 Å². The van der Waals surface area contributed by atoms with Crippen molar-refractivity contribution in [3.63, 3.8) is 0 Å². The number of likely N-dealkylation sites (tertiary alicyclic amines) is 2. The average Bonchev–Trinajstić information content (AvgIpc) is 3.30. The number of benzene rings is 2. The minimum Gasteiger partial charge on any atom is -0.492 e. The number of carbonyl (C=O) groups excluding carboxylic acids is 1. The molecule has 2 aliphatic heterocycles. The largest absolute Gasteiger partial charge is 0.492 e. The Morgan fingerprint density at radius 1 is 1.21 bits per heavy atom. The van der Waals surface area contributed by atoms with Crippen LogP contribution in [0.4, 0.5) is 8.78 Å². The van der Waals surface area contributed by atoms with Gasteiger partial charge in [0.25, 0.3) is 5.91 Å². The second-order valence-corrected chi connectivity index (χ2v) is 11.4. The number of carbonyl (C=O) groups is 2. The van der Waals surface area contributed by atoms with Crippen LogP contribution in [0.15, 0.2) is 36.4 Å². The maximum absolute atomic E-state index is 15.1. The first-order valence-electron chi connectivity index (χ1n) is 13.4. The number of nitrogens with zero attached hydrogens (tertiary/aromatic N) is 3. The molecule has 9 heteroatoms. The van der Waals surface area contributed by atoms with E-state index in [1.165, 1.54) is 24.0 Å². The van der Waals surface area contributed by atoms with Crippen molar-refractivity contribution in [1.29, 1.82) is 5.26 Å². The molecule has 0 unspecified atom stereocenters. The lowest BCUT2D eigenvalue weighted by molar-refractivity contribution is -0.147. The second kappa shape index (κ2) is 11.3. The molecule has 1 N–H and O–H groups in total. The SMILES string of the molecule is CC(C)(F)CN1CCC(COc2ccc(-c3cccc(F)c3C(=O)N3CCC[C@@]3(C)C(=O)O)cc2C#N)CC1. The van der Waals surface area contributed by atoms with Crippen molar-refractivity contribution in [2.45, 2.75) is 57.7 Å². The van der Waals surface area contributed by atoms with Crippen molar-refractivity contribution >= 4 is 11.9 Å². The molecule has 2 aromatic rings. The molecule has 0 bridgehead atoms. The molecule has 4 rings (SSSR count). The lowest BCUT2D eigenvalue weighted by atomic mass is 9.94. The van der Waals surface area contributed by atoms with Gasteiger partial charge in [0.05, 0.1) is 17.7 Å². The van der Waals surface area contributed by atoms with Crippen LogP contribution in [-0.4, -0.2) is 70.8 Å². The van der Waals surface area contributed by atoms with Gasteiger partial charge in [0.15, 0.2) is 0 Å². The molecule has 0 spiro atoms. The number of carboxylic acids is 1. The highest BCUT2D eigenvalue weighted by Crippen LogP contribution is 2.36. The van der Waals surface area contributed by atoms with Gasteiger partial charge in [-0.25, -0.2) is 13.6 Å². The first-order chi connectivity index (χ1) is 18.4. The van der Waals surface area contributed by atoms with Crippen LogP contribution in [0.2, 0.25) is 0 Å². The average molecular weight is 540 g/mol. The Morgan fingerprint density at radius 3 is 2.56 bits per heavy atom. The smallest absolute Gasteiger partial charge is 0.329 e. The molecule has 2 saturated heterocycles. The van der Waals surface area contributed by atoms with Gasteiger partial charge in [-0.15, -0.1) is 0 Å². The number of hydrogen-bond acceptors (Lipinski definition) is 5. The predicted octanol–water partition coefficient (Wildman–Crippen LogP) is 5.28. The van der Waals surface area contributed by atoms with E-state index in [-0.39, 0.29) is 35.6 Å². The van der Waals surface area contributed by atoms with Gasteiger partial charge in [-0.2, -0.15) is 5.26 Å². The van der Waals surface area contributed by atoms with Gasteiger partial charge in [-0.05, 0) is 94.8 Å². The lowest BCUT2D eigenvalue weighted by Crippen LogP contribution is -2.51. The molecule has 0 aromatic heterocycles. The Morgan fingerprint density at radius 2 is 1.92 bits per heavy atom. The Balaban J connectivity index is 1.52. The highest BCUT2D eigenvalue weighted by Gasteiger charge is 2.47. The van der Waals surface area contributed by atoms with Gasteiger partial charge >= 0.3 is 5.97 Å². The zero-order valence-electron chi connectivity index (χ0n) is 22.7. The number of ether oxygens (including phenoxy) is 1. The predicted molar refractivity (Wildman–Crippen MR) is 143 cm³/mol. The summed E-state index contributed by atoms with van der Waals surface area (Å²) in [7, 11) is 0. The van der Waals surface area contributed by atoms with Gasteiger partial charge in [0, 0.05) is 13.1 Å². The summed E-state index contributed by atoms with van der Waals surface area (Å²) in [4.78, 5) is 28.7. The number of piperidine rings is 1. The minimum absolute atomic E-state index is 0.215. The van der Waals surface area contributed by atoms with Gasteiger partial charge in [-0.1, -0.05) is 18.2 Å². The Hall–Kier alpha value is -3.51. The fourth-order valence-corrected chi connectivity index (χ4v) is 5.59. The Labute approximate surface area is 228 Å². The van der Waals surface area contributed by atoms with Crippen molar-refractivity contribution in [2.24, 2.45) is 5.92 Å². The summed E-state index contributed by atoms with van der Waals surface area (Å²) in [6.07, 6.45) is 2.54. The number of aliphatic carboxylic acids is 1. The van der Waals surface area contributed by atoms with Crippen LogP contribution in [0.5, 0.6) is 5.75 Å². The van der Waals surface area contributed by atoms with E-state index in [1.807, 2.05) is 0 Å². The monoisotopic (exact) mass is 539 g/mol. The van der Waals surface area contributed by atoms with Gasteiger partial charge in [-0.3, -0.25) is 4.79 Å². The first kappa shape index (κ1) is 28.5. The number of carboxylic acid groups (broad SMARTS) is 1. The molecule has 0 radical (unpaired) electrons. The maximum atomic E-state index is 15.1. The Bertz CT molecular complexity index is 1280. The number of hydrogen-bond donors (Lipinski definition) is 1. The van der Waals surface area contributed by atoms with Crippen molar-refractivity contribution in [2.75, 3.05) is 32.8 Å². The number of rotatable bonds is 8. The number of alkyl halides is 1. The molecule has 0 saturated carbocycles. The molecule has 1 atom stereocenters. The highest BCUT2D eigenvalue weighted by molar-refractivity contribution is 6.03. The molecular weight excluding hydrogens is 504 g/mol. The topological polar surface area (TPSA) is 93.9 Å². The van der Waals surface area contributed by atoms with Gasteiger partial charge in [0.2, 0.25) is 0 Å². The van der Waals surface area contributed by atoms with Crippen LogP contribution in [0, 0.1) is 23.1 Å². The molecule has 7 nitrogen and oxygen atoms in total. The van der Waals surface area contributed by atoms with Crippen LogP contribution in [-0.2, 0) is 4.79 Å². The molecule has 2 fully saturated rings. The highest BCUT2D eigenvalue weighted by atomic mass is 19.1. The van der Waals surface area contributed by atoms with Gasteiger partial charge in [0.1, 0.15) is 28.8 Å². The van der Waals surface area contributed by atoms with Crippen molar-refractivity contribution in [3.8, 4) is 22.9 Å². The van der Waals surface area contributed by atoms with E-state index in [4.69, 9.17) is 4.74 Å². The van der Waals surface area contributed by atoms with Crippen LogP contribution in [0.3, 0.4) is 0 Å². The van der Waals surface area contributed by atoms with Crippen LogP contribution < -0.4 is 4.74 Å². The summed E-state index contributed by atoms with van der Waals surface area (Å²) in [6, 6.07) is 11.3. The fraction of sp³-hybridized carbons (Fsp3) is 0.500. The van der Waals surface area contributed by atoms with E-state index in [2.05, 4.69) is 11.0 Å². The summed E-state index contributed by atoms with van der Waals surface area (Å²) in [5.41, 5.74) is -1.87. The maximum Gasteiger partial charge on any atom is 0.329 e. The molecule has 1 amide bonds. The van der Waals surface area contributed by atoms with Crippen LogP contribution >= 0.6 is 0 Å². The zero-order valence-corrected chi connectivity index (χ0v) is 22.7. The van der Waals surface area contributed by atoms with E-state index in [9.17, 15) is 24.3 Å². The summed E-state index contributed by atoms with van der Waals surface area (Å²) in [6.45, 7) is 7.27. The molecule has 0 aliphatic carbocycles. The summed E-state index contributed by atoms with van der Waals surface area (Å²) in [5, 5.41) is 19.6. The molecule has 2 aromatic carbocycles. The normalized spacial score (nSPS) is 20.6. The van der Waals surface area contributed by atoms with E-state index in [1.54, 1.807) is 38.1 Å². The number of halogens is 2. The fourth-order valence-electron chi connectivity index (χ4n) is 5.59. The van der Waals surface area contributed by atoms with Crippen LogP contribution in [0.1, 0.15) is 62.4 Å². The number of nitriles is 1. The first-order valence-corrected chi connectivity index (χ1v) is 13.4. The molecule has 208 valence electrons. The van der Waals surface area contributed by atoms with E-state index in [0.29, 0.717) is 30.9 Å². The second-order valence-electron chi connectivity index (χ2n) is 11.4. The molecule has 2 heterocycles. The summed E-state index contributed by atoms with van der Waals surface area (Å²) in [5.74, 6) is -1.88. The summed E-state index contributed by atoms with van der Waals surface area (Å²) >= 11 is 0. The van der Waals surface area contributed by atoms with Crippen LogP contribution in [0.25, 0.3) is 11.1 Å². The lowest BCUT2D eigenvalue weighted by Gasteiger charge is -2.34. The van der Waals surface area contributed by atoms with Crippen molar-refractivity contribution in [1.82, 2.24) is 9.80 Å². The molecule has 39 heavy (non-hydrogen) atoms. The quantitative estimate of drug-likeness (QED) is 0.491. The zero-order chi connectivity index (χ0) is 28.4. The molecular formula is C30H35F2N3O4. The third kappa shape index (κ3) is 6.22.